The fourth-order valence-corrected chi connectivity index (χ4v) is 3.32. The number of hydrogen-bond donors (Lipinski definition) is 1. The van der Waals surface area contributed by atoms with Gasteiger partial charge in [0.15, 0.2) is 11.5 Å². The van der Waals surface area contributed by atoms with Gasteiger partial charge < -0.3 is 19.7 Å². The summed E-state index contributed by atoms with van der Waals surface area (Å²) in [5.74, 6) is 1.33. The molecule has 6 heteroatoms. The molecule has 0 unspecified atom stereocenters. The molecule has 1 fully saturated rings. The third-order valence-electron chi connectivity index (χ3n) is 3.52. The van der Waals surface area contributed by atoms with E-state index < -0.39 is 0 Å². The van der Waals surface area contributed by atoms with Crippen LogP contribution in [0.5, 0.6) is 11.5 Å². The average molecular weight is 341 g/mol. The summed E-state index contributed by atoms with van der Waals surface area (Å²) in [4.78, 5) is 14.5. The Hall–Kier alpha value is -1.27. The molecule has 2 aliphatic rings. The summed E-state index contributed by atoms with van der Waals surface area (Å²) in [7, 11) is 0. The van der Waals surface area contributed by atoms with Crippen LogP contribution in [0, 0.1) is 0 Å². The molecule has 20 heavy (non-hydrogen) atoms. The first-order valence-corrected chi connectivity index (χ1v) is 7.48. The number of nitrogens with one attached hydrogen (secondary N) is 1. The van der Waals surface area contributed by atoms with E-state index in [1.807, 2.05) is 4.90 Å². The zero-order valence-corrected chi connectivity index (χ0v) is 13.1. The van der Waals surface area contributed by atoms with Gasteiger partial charge in [-0.1, -0.05) is 0 Å². The lowest BCUT2D eigenvalue weighted by atomic mass is 10.1. The van der Waals surface area contributed by atoms with Crippen molar-refractivity contribution in [3.63, 3.8) is 0 Å². The Kier molecular flexibility index (Phi) is 3.60. The summed E-state index contributed by atoms with van der Waals surface area (Å²) in [6.45, 7) is 5.81. The molecule has 108 valence electrons. The van der Waals surface area contributed by atoms with Crippen molar-refractivity contribution in [3.8, 4) is 11.5 Å². The molecular formula is C14H17BrN2O3. The fraction of sp³-hybridized carbons (Fsp3) is 0.500. The SMILES string of the molecule is C[C@@H]1CN(C(=O)c2cc(Br)c3c(c2)OCO3)C[C@H](C)N1. The molecule has 0 bridgehead atoms. The van der Waals surface area contributed by atoms with E-state index in [2.05, 4.69) is 35.1 Å². The number of ether oxygens (including phenoxy) is 2. The van der Waals surface area contributed by atoms with Gasteiger partial charge >= 0.3 is 0 Å². The largest absolute Gasteiger partial charge is 0.454 e. The van der Waals surface area contributed by atoms with Crippen LogP contribution in [0.4, 0.5) is 0 Å². The van der Waals surface area contributed by atoms with Crippen molar-refractivity contribution in [1.82, 2.24) is 10.2 Å². The zero-order chi connectivity index (χ0) is 14.3. The second-order valence-electron chi connectivity index (χ2n) is 5.37. The van der Waals surface area contributed by atoms with E-state index in [4.69, 9.17) is 9.47 Å². The average Bonchev–Trinajstić information content (AvgIpc) is 2.85. The lowest BCUT2D eigenvalue weighted by Crippen LogP contribution is -2.55. The van der Waals surface area contributed by atoms with Crippen molar-refractivity contribution in [2.75, 3.05) is 19.9 Å². The fourth-order valence-electron chi connectivity index (χ4n) is 2.77. The van der Waals surface area contributed by atoms with E-state index in [0.29, 0.717) is 29.1 Å². The Balaban J connectivity index is 1.85. The van der Waals surface area contributed by atoms with Crippen LogP contribution in [0.15, 0.2) is 16.6 Å². The molecule has 1 aromatic rings. The van der Waals surface area contributed by atoms with E-state index in [1.54, 1.807) is 12.1 Å². The molecule has 2 heterocycles. The van der Waals surface area contributed by atoms with E-state index in [-0.39, 0.29) is 12.7 Å². The smallest absolute Gasteiger partial charge is 0.254 e. The minimum absolute atomic E-state index is 0.0317. The lowest BCUT2D eigenvalue weighted by molar-refractivity contribution is 0.0673. The van der Waals surface area contributed by atoms with Gasteiger partial charge in [0, 0.05) is 30.7 Å². The number of rotatable bonds is 1. The van der Waals surface area contributed by atoms with Gasteiger partial charge in [-0.2, -0.15) is 0 Å². The van der Waals surface area contributed by atoms with Gasteiger partial charge in [0.1, 0.15) is 0 Å². The number of benzene rings is 1. The highest BCUT2D eigenvalue weighted by atomic mass is 79.9. The predicted octanol–water partition coefficient (Wildman–Crippen LogP) is 2.00. The van der Waals surface area contributed by atoms with Crippen LogP contribution in [0.1, 0.15) is 24.2 Å². The number of carbonyl (C=O) groups excluding carboxylic acids is 1. The first-order chi connectivity index (χ1) is 9.54. The molecule has 1 aromatic carbocycles. The van der Waals surface area contributed by atoms with E-state index >= 15 is 0 Å². The highest BCUT2D eigenvalue weighted by molar-refractivity contribution is 9.10. The van der Waals surface area contributed by atoms with Crippen LogP contribution < -0.4 is 14.8 Å². The summed E-state index contributed by atoms with van der Waals surface area (Å²) in [5, 5.41) is 3.42. The van der Waals surface area contributed by atoms with Crippen LogP contribution in [-0.2, 0) is 0 Å². The number of halogens is 1. The molecule has 0 saturated carbocycles. The van der Waals surface area contributed by atoms with Crippen molar-refractivity contribution < 1.29 is 14.3 Å². The Labute approximate surface area is 126 Å². The Morgan fingerprint density at radius 2 is 2.00 bits per heavy atom. The summed E-state index contributed by atoms with van der Waals surface area (Å²) in [6.07, 6.45) is 0. The monoisotopic (exact) mass is 340 g/mol. The number of nitrogens with zero attached hydrogens (tertiary/aromatic N) is 1. The number of piperazine rings is 1. The zero-order valence-electron chi connectivity index (χ0n) is 11.5. The van der Waals surface area contributed by atoms with E-state index in [9.17, 15) is 4.79 Å². The third-order valence-corrected chi connectivity index (χ3v) is 4.11. The maximum Gasteiger partial charge on any atom is 0.254 e. The minimum atomic E-state index is 0.0317. The highest BCUT2D eigenvalue weighted by Crippen LogP contribution is 2.40. The normalized spacial score (nSPS) is 24.9. The summed E-state index contributed by atoms with van der Waals surface area (Å²) in [5.41, 5.74) is 0.627. The number of hydrogen-bond acceptors (Lipinski definition) is 4. The van der Waals surface area contributed by atoms with Crippen molar-refractivity contribution in [2.24, 2.45) is 0 Å². The van der Waals surface area contributed by atoms with Crippen LogP contribution in [-0.4, -0.2) is 42.8 Å². The van der Waals surface area contributed by atoms with Crippen molar-refractivity contribution in [3.05, 3.63) is 22.2 Å². The van der Waals surface area contributed by atoms with Crippen LogP contribution in [0.3, 0.4) is 0 Å². The molecule has 2 atom stereocenters. The molecule has 2 aliphatic heterocycles. The van der Waals surface area contributed by atoms with E-state index in [1.165, 1.54) is 0 Å². The first-order valence-electron chi connectivity index (χ1n) is 6.69. The summed E-state index contributed by atoms with van der Waals surface area (Å²) in [6, 6.07) is 4.17. The Bertz CT molecular complexity index is 539. The molecule has 5 nitrogen and oxygen atoms in total. The number of fused-ring (bicyclic) bond motifs is 1. The van der Waals surface area contributed by atoms with Gasteiger partial charge in [0.25, 0.3) is 5.91 Å². The molecule has 1 N–H and O–H groups in total. The molecule has 1 amide bonds. The first kappa shape index (κ1) is 13.7. The molecule has 0 spiro atoms. The maximum atomic E-state index is 12.6. The summed E-state index contributed by atoms with van der Waals surface area (Å²) < 4.78 is 11.5. The Morgan fingerprint density at radius 1 is 1.30 bits per heavy atom. The van der Waals surface area contributed by atoms with Gasteiger partial charge in [-0.25, -0.2) is 0 Å². The van der Waals surface area contributed by atoms with Crippen LogP contribution >= 0.6 is 15.9 Å². The van der Waals surface area contributed by atoms with E-state index in [0.717, 1.165) is 17.6 Å². The highest BCUT2D eigenvalue weighted by Gasteiger charge is 2.27. The number of carbonyl (C=O) groups is 1. The van der Waals surface area contributed by atoms with Crippen molar-refractivity contribution in [2.45, 2.75) is 25.9 Å². The van der Waals surface area contributed by atoms with Gasteiger partial charge in [-0.3, -0.25) is 4.79 Å². The van der Waals surface area contributed by atoms with Gasteiger partial charge in [-0.15, -0.1) is 0 Å². The van der Waals surface area contributed by atoms with Gasteiger partial charge in [0.05, 0.1) is 4.47 Å². The second-order valence-corrected chi connectivity index (χ2v) is 6.23. The maximum absolute atomic E-state index is 12.6. The minimum Gasteiger partial charge on any atom is -0.454 e. The van der Waals surface area contributed by atoms with Gasteiger partial charge in [-0.05, 0) is 41.9 Å². The third kappa shape index (κ3) is 2.50. The Morgan fingerprint density at radius 3 is 2.70 bits per heavy atom. The van der Waals surface area contributed by atoms with Crippen molar-refractivity contribution in [1.29, 1.82) is 0 Å². The summed E-state index contributed by atoms with van der Waals surface area (Å²) >= 11 is 3.43. The molecule has 0 radical (unpaired) electrons. The second kappa shape index (κ2) is 5.26. The molecule has 3 rings (SSSR count). The molecule has 1 saturated heterocycles. The molecule has 0 aliphatic carbocycles. The molecule has 0 aromatic heterocycles. The standard InChI is InChI=1S/C14H17BrN2O3/c1-8-5-17(6-9(2)16-8)14(18)10-3-11(15)13-12(4-10)19-7-20-13/h3-4,8-9,16H,5-7H2,1-2H3/t8-,9+. The van der Waals surface area contributed by atoms with Crippen LogP contribution in [0.25, 0.3) is 0 Å². The van der Waals surface area contributed by atoms with Crippen LogP contribution in [0.2, 0.25) is 0 Å². The topological polar surface area (TPSA) is 50.8 Å². The lowest BCUT2D eigenvalue weighted by Gasteiger charge is -2.36. The number of amides is 1. The van der Waals surface area contributed by atoms with Gasteiger partial charge in [0.2, 0.25) is 6.79 Å². The van der Waals surface area contributed by atoms with Crippen molar-refractivity contribution >= 4 is 21.8 Å². The molecular weight excluding hydrogens is 324 g/mol. The predicted molar refractivity (Wildman–Crippen MR) is 78.2 cm³/mol. The quantitative estimate of drug-likeness (QED) is 0.849.